The van der Waals surface area contributed by atoms with Crippen molar-refractivity contribution in [1.82, 2.24) is 5.32 Å². The predicted molar refractivity (Wildman–Crippen MR) is 72.4 cm³/mol. The van der Waals surface area contributed by atoms with Gasteiger partial charge in [0.05, 0.1) is 6.04 Å². The van der Waals surface area contributed by atoms with E-state index in [0.29, 0.717) is 23.1 Å². The van der Waals surface area contributed by atoms with Crippen molar-refractivity contribution in [2.75, 3.05) is 11.9 Å². The van der Waals surface area contributed by atoms with E-state index in [4.69, 9.17) is 0 Å². The number of aryl methyl sites for hydroxylation is 1. The van der Waals surface area contributed by atoms with Crippen molar-refractivity contribution in [2.24, 2.45) is 11.8 Å². The number of halogens is 1. The van der Waals surface area contributed by atoms with Crippen molar-refractivity contribution in [2.45, 2.75) is 32.2 Å². The third-order valence-electron chi connectivity index (χ3n) is 4.45. The third-order valence-corrected chi connectivity index (χ3v) is 4.45. The molecule has 0 spiro atoms. The summed E-state index contributed by atoms with van der Waals surface area (Å²) in [6.07, 6.45) is 3.60. The standard InChI is InChI=1S/C15H19FN2O/c1-9-7-11(5-6-13(9)16)18-15(19)14-12-4-2-3-10(12)8-17-14/h5-7,10,12,14,17H,2-4,8H2,1H3,(H,18,19). The highest BCUT2D eigenvalue weighted by atomic mass is 19.1. The molecule has 1 saturated heterocycles. The quantitative estimate of drug-likeness (QED) is 0.859. The Balaban J connectivity index is 1.69. The van der Waals surface area contributed by atoms with Gasteiger partial charge in [-0.1, -0.05) is 6.42 Å². The summed E-state index contributed by atoms with van der Waals surface area (Å²) in [6.45, 7) is 2.65. The predicted octanol–water partition coefficient (Wildman–Crippen LogP) is 2.46. The highest BCUT2D eigenvalue weighted by molar-refractivity contribution is 5.95. The Kier molecular flexibility index (Phi) is 3.27. The molecule has 19 heavy (non-hydrogen) atoms. The highest BCUT2D eigenvalue weighted by Crippen LogP contribution is 2.37. The molecule has 1 aromatic carbocycles. The number of benzene rings is 1. The van der Waals surface area contributed by atoms with Gasteiger partial charge < -0.3 is 10.6 Å². The van der Waals surface area contributed by atoms with Gasteiger partial charge in [-0.05, 0) is 61.9 Å². The Hall–Kier alpha value is -1.42. The maximum Gasteiger partial charge on any atom is 0.241 e. The van der Waals surface area contributed by atoms with Gasteiger partial charge >= 0.3 is 0 Å². The first-order chi connectivity index (χ1) is 9.15. The lowest BCUT2D eigenvalue weighted by atomic mass is 9.93. The number of rotatable bonds is 2. The fraction of sp³-hybridized carbons (Fsp3) is 0.533. The van der Waals surface area contributed by atoms with E-state index in [-0.39, 0.29) is 17.8 Å². The number of nitrogens with one attached hydrogen (secondary N) is 2. The van der Waals surface area contributed by atoms with E-state index >= 15 is 0 Å². The topological polar surface area (TPSA) is 41.1 Å². The van der Waals surface area contributed by atoms with Gasteiger partial charge in [0.2, 0.25) is 5.91 Å². The van der Waals surface area contributed by atoms with Crippen LogP contribution in [-0.4, -0.2) is 18.5 Å². The molecule has 4 heteroatoms. The third kappa shape index (κ3) is 2.37. The zero-order valence-corrected chi connectivity index (χ0v) is 11.1. The highest BCUT2D eigenvalue weighted by Gasteiger charge is 2.42. The zero-order chi connectivity index (χ0) is 13.4. The summed E-state index contributed by atoms with van der Waals surface area (Å²) in [5, 5.41) is 6.21. The summed E-state index contributed by atoms with van der Waals surface area (Å²) in [5.74, 6) is 0.903. The van der Waals surface area contributed by atoms with Crippen LogP contribution in [0.3, 0.4) is 0 Å². The van der Waals surface area contributed by atoms with Crippen LogP contribution in [0.5, 0.6) is 0 Å². The zero-order valence-electron chi connectivity index (χ0n) is 11.1. The van der Waals surface area contributed by atoms with Gasteiger partial charge in [0, 0.05) is 5.69 Å². The van der Waals surface area contributed by atoms with Gasteiger partial charge in [-0.25, -0.2) is 4.39 Å². The molecule has 3 nitrogen and oxygen atoms in total. The van der Waals surface area contributed by atoms with E-state index in [1.165, 1.54) is 18.9 Å². The van der Waals surface area contributed by atoms with Crippen LogP contribution >= 0.6 is 0 Å². The van der Waals surface area contributed by atoms with Crippen LogP contribution in [0, 0.1) is 24.6 Å². The van der Waals surface area contributed by atoms with Crippen LogP contribution in [0.15, 0.2) is 18.2 Å². The molecule has 2 aliphatic rings. The smallest absolute Gasteiger partial charge is 0.241 e. The molecule has 3 atom stereocenters. The Morgan fingerprint density at radius 1 is 1.42 bits per heavy atom. The largest absolute Gasteiger partial charge is 0.325 e. The van der Waals surface area contributed by atoms with E-state index in [0.717, 1.165) is 13.0 Å². The summed E-state index contributed by atoms with van der Waals surface area (Å²) in [7, 11) is 0. The van der Waals surface area contributed by atoms with Crippen molar-refractivity contribution in [3.63, 3.8) is 0 Å². The van der Waals surface area contributed by atoms with E-state index in [1.807, 2.05) is 0 Å². The maximum atomic E-state index is 13.2. The molecule has 1 saturated carbocycles. The van der Waals surface area contributed by atoms with Crippen LogP contribution in [0.4, 0.5) is 10.1 Å². The molecule has 3 unspecified atom stereocenters. The van der Waals surface area contributed by atoms with Crippen LogP contribution in [0.1, 0.15) is 24.8 Å². The molecular weight excluding hydrogens is 243 g/mol. The number of carbonyl (C=O) groups excluding carboxylic acids is 1. The van der Waals surface area contributed by atoms with Crippen molar-refractivity contribution >= 4 is 11.6 Å². The van der Waals surface area contributed by atoms with Crippen molar-refractivity contribution in [1.29, 1.82) is 0 Å². The molecule has 1 heterocycles. The molecule has 2 fully saturated rings. The van der Waals surface area contributed by atoms with Gasteiger partial charge in [-0.3, -0.25) is 4.79 Å². The SMILES string of the molecule is Cc1cc(NC(=O)C2NCC3CCCC32)ccc1F. The van der Waals surface area contributed by atoms with Gasteiger partial charge in [0.15, 0.2) is 0 Å². The first-order valence-corrected chi connectivity index (χ1v) is 6.95. The van der Waals surface area contributed by atoms with E-state index in [1.54, 1.807) is 19.1 Å². The number of carbonyl (C=O) groups is 1. The fourth-order valence-electron chi connectivity index (χ4n) is 3.42. The second-order valence-electron chi connectivity index (χ2n) is 5.69. The Morgan fingerprint density at radius 3 is 3.05 bits per heavy atom. The van der Waals surface area contributed by atoms with Crippen LogP contribution < -0.4 is 10.6 Å². The molecule has 0 bridgehead atoms. The normalized spacial score (nSPS) is 29.3. The van der Waals surface area contributed by atoms with Crippen molar-refractivity contribution < 1.29 is 9.18 Å². The first kappa shape index (κ1) is 12.6. The number of hydrogen-bond acceptors (Lipinski definition) is 2. The minimum absolute atomic E-state index is 0.0143. The van der Waals surface area contributed by atoms with Gasteiger partial charge in [0.25, 0.3) is 0 Å². The lowest BCUT2D eigenvalue weighted by Crippen LogP contribution is -2.39. The summed E-state index contributed by atoms with van der Waals surface area (Å²) in [4.78, 5) is 12.3. The minimum atomic E-state index is -0.243. The first-order valence-electron chi connectivity index (χ1n) is 6.95. The van der Waals surface area contributed by atoms with Crippen LogP contribution in [0.2, 0.25) is 0 Å². The molecule has 1 aromatic rings. The number of amides is 1. The van der Waals surface area contributed by atoms with E-state index in [9.17, 15) is 9.18 Å². The second-order valence-corrected chi connectivity index (χ2v) is 5.69. The van der Waals surface area contributed by atoms with Crippen LogP contribution in [-0.2, 0) is 4.79 Å². The number of fused-ring (bicyclic) bond motifs is 1. The fourth-order valence-corrected chi connectivity index (χ4v) is 3.42. The van der Waals surface area contributed by atoms with Crippen LogP contribution in [0.25, 0.3) is 0 Å². The molecule has 102 valence electrons. The molecule has 1 aliphatic heterocycles. The average molecular weight is 262 g/mol. The molecule has 3 rings (SSSR count). The number of anilines is 1. The minimum Gasteiger partial charge on any atom is -0.325 e. The molecule has 0 radical (unpaired) electrons. The van der Waals surface area contributed by atoms with Crippen molar-refractivity contribution in [3.05, 3.63) is 29.6 Å². The summed E-state index contributed by atoms with van der Waals surface area (Å²) in [6, 6.07) is 4.60. The molecular formula is C15H19FN2O. The van der Waals surface area contributed by atoms with Gasteiger partial charge in [0.1, 0.15) is 5.82 Å². The van der Waals surface area contributed by atoms with Gasteiger partial charge in [-0.2, -0.15) is 0 Å². The van der Waals surface area contributed by atoms with E-state index < -0.39 is 0 Å². The molecule has 1 amide bonds. The molecule has 1 aliphatic carbocycles. The summed E-state index contributed by atoms with van der Waals surface area (Å²) in [5.41, 5.74) is 1.23. The molecule has 0 aromatic heterocycles. The summed E-state index contributed by atoms with van der Waals surface area (Å²) >= 11 is 0. The average Bonchev–Trinajstić information content (AvgIpc) is 2.95. The van der Waals surface area contributed by atoms with Crippen molar-refractivity contribution in [3.8, 4) is 0 Å². The van der Waals surface area contributed by atoms with E-state index in [2.05, 4.69) is 10.6 Å². The Labute approximate surface area is 112 Å². The monoisotopic (exact) mass is 262 g/mol. The lowest BCUT2D eigenvalue weighted by Gasteiger charge is -2.18. The Morgan fingerprint density at radius 2 is 2.26 bits per heavy atom. The summed E-state index contributed by atoms with van der Waals surface area (Å²) < 4.78 is 13.2. The Bertz CT molecular complexity index is 503. The number of hydrogen-bond donors (Lipinski definition) is 2. The molecule has 2 N–H and O–H groups in total. The van der Waals surface area contributed by atoms with Gasteiger partial charge in [-0.15, -0.1) is 0 Å². The second kappa shape index (κ2) is 4.93. The lowest BCUT2D eigenvalue weighted by molar-refractivity contribution is -0.118. The maximum absolute atomic E-state index is 13.2.